The second-order valence-electron chi connectivity index (χ2n) is 5.14. The third kappa shape index (κ3) is 4.29. The molecule has 1 aromatic carbocycles. The molecule has 0 aliphatic heterocycles. The van der Waals surface area contributed by atoms with Gasteiger partial charge in [-0.2, -0.15) is 4.57 Å². The second kappa shape index (κ2) is 6.72. The van der Waals surface area contributed by atoms with Gasteiger partial charge in [0.1, 0.15) is 0 Å². The summed E-state index contributed by atoms with van der Waals surface area (Å²) in [6, 6.07) is 9.73. The lowest BCUT2D eigenvalue weighted by Crippen LogP contribution is -2.39. The molecule has 21 heavy (non-hydrogen) atoms. The van der Waals surface area contributed by atoms with Crippen LogP contribution in [0.2, 0.25) is 0 Å². The number of hydrogen-bond acceptors (Lipinski definition) is 2. The van der Waals surface area contributed by atoms with Crippen molar-refractivity contribution in [1.82, 2.24) is 0 Å². The molecule has 0 fully saturated rings. The molecule has 0 atom stereocenters. The van der Waals surface area contributed by atoms with Gasteiger partial charge < -0.3 is 10.2 Å². The number of carbonyl (C=O) groups excluding carboxylic acids is 1. The standard InChI is InChI=1S/C16H18BrN3O/c1-12-10-13(4-5-15(12)17)18-16(21)11-20-8-6-14(7-9-20)19(2)3/h4-10H,11H2,1-3H3/p+1. The van der Waals surface area contributed by atoms with Crippen molar-refractivity contribution in [1.29, 1.82) is 0 Å². The number of aromatic nitrogens is 1. The van der Waals surface area contributed by atoms with E-state index in [9.17, 15) is 4.79 Å². The maximum Gasteiger partial charge on any atom is 0.290 e. The molecule has 1 heterocycles. The first-order valence-electron chi connectivity index (χ1n) is 6.68. The van der Waals surface area contributed by atoms with Gasteiger partial charge in [-0.15, -0.1) is 0 Å². The van der Waals surface area contributed by atoms with Crippen molar-refractivity contribution in [2.75, 3.05) is 24.3 Å². The van der Waals surface area contributed by atoms with Gasteiger partial charge in [0.05, 0.1) is 0 Å². The number of hydrogen-bond donors (Lipinski definition) is 1. The predicted molar refractivity (Wildman–Crippen MR) is 88.5 cm³/mol. The smallest absolute Gasteiger partial charge is 0.290 e. The fourth-order valence-corrected chi connectivity index (χ4v) is 2.19. The van der Waals surface area contributed by atoms with Crippen molar-refractivity contribution in [2.45, 2.75) is 13.5 Å². The van der Waals surface area contributed by atoms with E-state index in [1.165, 1.54) is 0 Å². The van der Waals surface area contributed by atoms with E-state index in [0.29, 0.717) is 6.54 Å². The van der Waals surface area contributed by atoms with Crippen LogP contribution in [0.1, 0.15) is 5.56 Å². The molecular formula is C16H19BrN3O+. The molecular weight excluding hydrogens is 330 g/mol. The van der Waals surface area contributed by atoms with Gasteiger partial charge in [-0.05, 0) is 30.7 Å². The Morgan fingerprint density at radius 2 is 1.90 bits per heavy atom. The first-order valence-corrected chi connectivity index (χ1v) is 7.47. The van der Waals surface area contributed by atoms with E-state index in [1.807, 2.05) is 73.2 Å². The van der Waals surface area contributed by atoms with Gasteiger partial charge >= 0.3 is 0 Å². The van der Waals surface area contributed by atoms with Crippen molar-refractivity contribution in [3.05, 3.63) is 52.8 Å². The Hall–Kier alpha value is -1.88. The molecule has 0 radical (unpaired) electrons. The predicted octanol–water partition coefficient (Wildman–Crippen LogP) is 2.75. The Morgan fingerprint density at radius 3 is 2.48 bits per heavy atom. The molecule has 0 saturated heterocycles. The number of carbonyl (C=O) groups is 1. The first kappa shape index (κ1) is 15.5. The zero-order valence-electron chi connectivity index (χ0n) is 12.4. The molecule has 5 heteroatoms. The van der Waals surface area contributed by atoms with Gasteiger partial charge in [0.2, 0.25) is 6.54 Å². The van der Waals surface area contributed by atoms with Crippen LogP contribution in [-0.4, -0.2) is 20.0 Å². The average Bonchev–Trinajstić information content (AvgIpc) is 2.43. The van der Waals surface area contributed by atoms with Gasteiger partial charge in [0.15, 0.2) is 12.4 Å². The highest BCUT2D eigenvalue weighted by Crippen LogP contribution is 2.19. The topological polar surface area (TPSA) is 36.2 Å². The number of rotatable bonds is 4. The van der Waals surface area contributed by atoms with Crippen molar-refractivity contribution in [3.63, 3.8) is 0 Å². The van der Waals surface area contributed by atoms with Crippen LogP contribution in [0.4, 0.5) is 11.4 Å². The van der Waals surface area contributed by atoms with Crippen LogP contribution in [0.25, 0.3) is 0 Å². The van der Waals surface area contributed by atoms with Gasteiger partial charge in [-0.3, -0.25) is 4.79 Å². The molecule has 0 spiro atoms. The van der Waals surface area contributed by atoms with Crippen LogP contribution in [0.5, 0.6) is 0 Å². The van der Waals surface area contributed by atoms with Crippen molar-refractivity contribution in [3.8, 4) is 0 Å². The maximum absolute atomic E-state index is 12.0. The molecule has 1 amide bonds. The molecule has 0 aliphatic rings. The lowest BCUT2D eigenvalue weighted by molar-refractivity contribution is -0.684. The Bertz CT molecular complexity index is 638. The summed E-state index contributed by atoms with van der Waals surface area (Å²) < 4.78 is 2.89. The van der Waals surface area contributed by atoms with Gasteiger partial charge in [-0.1, -0.05) is 15.9 Å². The summed E-state index contributed by atoms with van der Waals surface area (Å²) >= 11 is 3.45. The summed E-state index contributed by atoms with van der Waals surface area (Å²) in [7, 11) is 3.98. The van der Waals surface area contributed by atoms with Gasteiger partial charge in [0.25, 0.3) is 5.91 Å². The minimum absolute atomic E-state index is 0.0423. The van der Waals surface area contributed by atoms with Crippen molar-refractivity contribution >= 4 is 33.2 Å². The molecule has 0 aliphatic carbocycles. The quantitative estimate of drug-likeness (QED) is 0.862. The van der Waals surface area contributed by atoms with E-state index in [1.54, 1.807) is 0 Å². The van der Waals surface area contributed by atoms with Crippen LogP contribution >= 0.6 is 15.9 Å². The van der Waals surface area contributed by atoms with Crippen molar-refractivity contribution < 1.29 is 9.36 Å². The highest BCUT2D eigenvalue weighted by atomic mass is 79.9. The molecule has 1 aromatic heterocycles. The van der Waals surface area contributed by atoms with E-state index < -0.39 is 0 Å². The lowest BCUT2D eigenvalue weighted by Gasteiger charge is -2.10. The number of pyridine rings is 1. The SMILES string of the molecule is Cc1cc(NC(=O)C[n+]2ccc(N(C)C)cc2)ccc1Br. The van der Waals surface area contributed by atoms with E-state index in [4.69, 9.17) is 0 Å². The van der Waals surface area contributed by atoms with E-state index in [-0.39, 0.29) is 5.91 Å². The van der Waals surface area contributed by atoms with Gasteiger partial charge in [0, 0.05) is 42.1 Å². The van der Waals surface area contributed by atoms with E-state index in [2.05, 4.69) is 21.2 Å². The molecule has 110 valence electrons. The average molecular weight is 349 g/mol. The first-order chi connectivity index (χ1) is 9.95. The second-order valence-corrected chi connectivity index (χ2v) is 5.99. The number of benzene rings is 1. The minimum Gasteiger partial charge on any atom is -0.377 e. The van der Waals surface area contributed by atoms with Crippen LogP contribution in [0, 0.1) is 6.92 Å². The van der Waals surface area contributed by atoms with Crippen LogP contribution < -0.4 is 14.8 Å². The third-order valence-electron chi connectivity index (χ3n) is 3.16. The molecule has 0 saturated carbocycles. The summed E-state index contributed by atoms with van der Waals surface area (Å²) in [5.74, 6) is -0.0423. The molecule has 4 nitrogen and oxygen atoms in total. The maximum atomic E-state index is 12.0. The summed E-state index contributed by atoms with van der Waals surface area (Å²) in [4.78, 5) is 14.1. The summed E-state index contributed by atoms with van der Waals surface area (Å²) in [5.41, 5.74) is 3.01. The zero-order chi connectivity index (χ0) is 15.4. The van der Waals surface area contributed by atoms with Crippen LogP contribution in [0.3, 0.4) is 0 Å². The highest BCUT2D eigenvalue weighted by molar-refractivity contribution is 9.10. The largest absolute Gasteiger partial charge is 0.377 e. The third-order valence-corrected chi connectivity index (χ3v) is 4.05. The number of halogens is 1. The fraction of sp³-hybridized carbons (Fsp3) is 0.250. The highest BCUT2D eigenvalue weighted by Gasteiger charge is 2.10. The molecule has 0 bridgehead atoms. The van der Waals surface area contributed by atoms with Crippen LogP contribution in [0.15, 0.2) is 47.2 Å². The Kier molecular flexibility index (Phi) is 4.96. The monoisotopic (exact) mass is 348 g/mol. The molecule has 2 rings (SSSR count). The molecule has 1 N–H and O–H groups in total. The lowest BCUT2D eigenvalue weighted by atomic mass is 10.2. The summed E-state index contributed by atoms with van der Waals surface area (Å²) in [5, 5.41) is 2.90. The van der Waals surface area contributed by atoms with Crippen molar-refractivity contribution in [2.24, 2.45) is 0 Å². The fourth-order valence-electron chi connectivity index (χ4n) is 1.94. The molecule has 2 aromatic rings. The number of anilines is 2. The molecule has 0 unspecified atom stereocenters. The van der Waals surface area contributed by atoms with Crippen LogP contribution in [-0.2, 0) is 11.3 Å². The Balaban J connectivity index is 1.99. The number of aryl methyl sites for hydroxylation is 1. The number of amides is 1. The number of nitrogens with zero attached hydrogens (tertiary/aromatic N) is 2. The van der Waals surface area contributed by atoms with Gasteiger partial charge in [-0.25, -0.2) is 0 Å². The van der Waals surface area contributed by atoms with E-state index >= 15 is 0 Å². The summed E-state index contributed by atoms with van der Waals surface area (Å²) in [6.45, 7) is 2.29. The van der Waals surface area contributed by atoms with E-state index in [0.717, 1.165) is 21.4 Å². The normalized spacial score (nSPS) is 10.3. The summed E-state index contributed by atoms with van der Waals surface area (Å²) in [6.07, 6.45) is 3.81. The zero-order valence-corrected chi connectivity index (χ0v) is 14.0. The minimum atomic E-state index is -0.0423. The number of nitrogens with one attached hydrogen (secondary N) is 1. The Morgan fingerprint density at radius 1 is 1.24 bits per heavy atom. The Labute approximate surface area is 133 Å².